The van der Waals surface area contributed by atoms with Crippen molar-refractivity contribution in [3.05, 3.63) is 57.4 Å². The van der Waals surface area contributed by atoms with Crippen LogP contribution in [-0.4, -0.2) is 15.4 Å². The van der Waals surface area contributed by atoms with Gasteiger partial charge < -0.3 is 0 Å². The Bertz CT molecular complexity index is 747. The van der Waals surface area contributed by atoms with Gasteiger partial charge in [0.25, 0.3) is 0 Å². The summed E-state index contributed by atoms with van der Waals surface area (Å²) in [4.78, 5) is 4.78. The first-order chi connectivity index (χ1) is 9.70. The van der Waals surface area contributed by atoms with Crippen molar-refractivity contribution in [3.8, 4) is 5.69 Å². The van der Waals surface area contributed by atoms with Gasteiger partial charge in [-0.05, 0) is 65.4 Å². The zero-order valence-corrected chi connectivity index (χ0v) is 14.0. The molecule has 0 aliphatic carbocycles. The topological polar surface area (TPSA) is 17.8 Å². The SMILES string of the molecule is Cc1cccc2c1nc(CCCl)n2-c1ccc(I)cc1. The monoisotopic (exact) mass is 396 g/mol. The molecule has 0 amide bonds. The van der Waals surface area contributed by atoms with Crippen LogP contribution < -0.4 is 0 Å². The van der Waals surface area contributed by atoms with Crippen molar-refractivity contribution in [3.63, 3.8) is 0 Å². The summed E-state index contributed by atoms with van der Waals surface area (Å²) in [6, 6.07) is 14.8. The van der Waals surface area contributed by atoms with Crippen LogP contribution in [0.1, 0.15) is 11.4 Å². The van der Waals surface area contributed by atoms with Gasteiger partial charge in [0.15, 0.2) is 0 Å². The number of hydrogen-bond donors (Lipinski definition) is 0. The zero-order valence-electron chi connectivity index (χ0n) is 11.1. The van der Waals surface area contributed by atoms with Crippen molar-refractivity contribution in [2.45, 2.75) is 13.3 Å². The molecular formula is C16H14ClIN2. The van der Waals surface area contributed by atoms with E-state index in [-0.39, 0.29) is 0 Å². The van der Waals surface area contributed by atoms with Crippen molar-refractivity contribution in [2.24, 2.45) is 0 Å². The lowest BCUT2D eigenvalue weighted by atomic mass is 10.2. The van der Waals surface area contributed by atoms with Gasteiger partial charge in [0.2, 0.25) is 0 Å². The number of hydrogen-bond acceptors (Lipinski definition) is 1. The number of imidazole rings is 1. The van der Waals surface area contributed by atoms with E-state index in [1.807, 2.05) is 0 Å². The molecule has 1 aromatic heterocycles. The fourth-order valence-electron chi connectivity index (χ4n) is 2.42. The first-order valence-corrected chi connectivity index (χ1v) is 8.11. The van der Waals surface area contributed by atoms with E-state index in [0.717, 1.165) is 29.0 Å². The van der Waals surface area contributed by atoms with Gasteiger partial charge in [0.05, 0.1) is 11.0 Å². The third-order valence-corrected chi connectivity index (χ3v) is 4.27. The molecule has 2 nitrogen and oxygen atoms in total. The number of nitrogens with zero attached hydrogens (tertiary/aromatic N) is 2. The summed E-state index contributed by atoms with van der Waals surface area (Å²) in [7, 11) is 0. The molecule has 3 rings (SSSR count). The van der Waals surface area contributed by atoms with E-state index in [4.69, 9.17) is 16.6 Å². The molecule has 4 heteroatoms. The zero-order chi connectivity index (χ0) is 14.1. The van der Waals surface area contributed by atoms with Crippen molar-refractivity contribution in [1.82, 2.24) is 9.55 Å². The summed E-state index contributed by atoms with van der Waals surface area (Å²) in [5.74, 6) is 1.60. The minimum atomic E-state index is 0.576. The summed E-state index contributed by atoms with van der Waals surface area (Å²) in [6.45, 7) is 2.10. The summed E-state index contributed by atoms with van der Waals surface area (Å²) in [6.07, 6.45) is 0.766. The molecule has 1 heterocycles. The molecule has 20 heavy (non-hydrogen) atoms. The molecule has 0 saturated heterocycles. The predicted octanol–water partition coefficient (Wildman–Crippen LogP) is 4.72. The molecule has 0 radical (unpaired) electrons. The highest BCUT2D eigenvalue weighted by Crippen LogP contribution is 2.24. The molecule has 0 aliphatic heterocycles. The van der Waals surface area contributed by atoms with E-state index < -0.39 is 0 Å². The number of benzene rings is 2. The quantitative estimate of drug-likeness (QED) is 0.463. The molecular weight excluding hydrogens is 383 g/mol. The Morgan fingerprint density at radius 2 is 1.90 bits per heavy atom. The van der Waals surface area contributed by atoms with Crippen molar-refractivity contribution in [2.75, 3.05) is 5.88 Å². The number of halogens is 2. The second-order valence-corrected chi connectivity index (χ2v) is 6.35. The number of fused-ring (bicyclic) bond motifs is 1. The van der Waals surface area contributed by atoms with Crippen LogP contribution in [0.3, 0.4) is 0 Å². The van der Waals surface area contributed by atoms with Crippen molar-refractivity contribution >= 4 is 45.2 Å². The van der Waals surface area contributed by atoms with Gasteiger partial charge in [-0.3, -0.25) is 4.57 Å². The molecule has 0 fully saturated rings. The number of alkyl halides is 1. The molecule has 0 unspecified atom stereocenters. The highest BCUT2D eigenvalue weighted by Gasteiger charge is 2.13. The molecule has 0 aliphatic rings. The third kappa shape index (κ3) is 2.44. The average Bonchev–Trinajstić information content (AvgIpc) is 2.80. The number of aromatic nitrogens is 2. The lowest BCUT2D eigenvalue weighted by Crippen LogP contribution is -2.02. The second-order valence-electron chi connectivity index (χ2n) is 4.72. The molecule has 0 atom stereocenters. The molecule has 2 aromatic carbocycles. The van der Waals surface area contributed by atoms with Gasteiger partial charge in [-0.25, -0.2) is 4.98 Å². The van der Waals surface area contributed by atoms with Gasteiger partial charge >= 0.3 is 0 Å². The lowest BCUT2D eigenvalue weighted by molar-refractivity contribution is 0.912. The fourth-order valence-corrected chi connectivity index (χ4v) is 2.95. The van der Waals surface area contributed by atoms with E-state index in [1.54, 1.807) is 0 Å². The number of aryl methyl sites for hydroxylation is 2. The Hall–Kier alpha value is -1.07. The summed E-state index contributed by atoms with van der Waals surface area (Å²) in [5.41, 5.74) is 4.54. The predicted molar refractivity (Wildman–Crippen MR) is 92.9 cm³/mol. The Balaban J connectivity index is 2.28. The van der Waals surface area contributed by atoms with Gasteiger partial charge in [-0.15, -0.1) is 11.6 Å². The van der Waals surface area contributed by atoms with Crippen LogP contribution in [0.25, 0.3) is 16.7 Å². The maximum absolute atomic E-state index is 5.93. The Labute approximate surface area is 136 Å². The molecule has 0 bridgehead atoms. The molecule has 102 valence electrons. The van der Waals surface area contributed by atoms with E-state index in [2.05, 4.69) is 76.5 Å². The van der Waals surface area contributed by atoms with Gasteiger partial charge in [0.1, 0.15) is 5.82 Å². The first kappa shape index (κ1) is 13.9. The number of rotatable bonds is 3. The lowest BCUT2D eigenvalue weighted by Gasteiger charge is -2.08. The second kappa shape index (κ2) is 5.74. The van der Waals surface area contributed by atoms with E-state index in [0.29, 0.717) is 5.88 Å². The Morgan fingerprint density at radius 1 is 1.15 bits per heavy atom. The Morgan fingerprint density at radius 3 is 2.60 bits per heavy atom. The first-order valence-electron chi connectivity index (χ1n) is 6.49. The van der Waals surface area contributed by atoms with Gasteiger partial charge in [0, 0.05) is 21.6 Å². The van der Waals surface area contributed by atoms with Gasteiger partial charge in [-0.2, -0.15) is 0 Å². The summed E-state index contributed by atoms with van der Waals surface area (Å²) in [5, 5.41) is 0. The number of para-hydroxylation sites is 1. The van der Waals surface area contributed by atoms with Crippen LogP contribution in [0.2, 0.25) is 0 Å². The average molecular weight is 397 g/mol. The summed E-state index contributed by atoms with van der Waals surface area (Å²) < 4.78 is 3.44. The van der Waals surface area contributed by atoms with Gasteiger partial charge in [-0.1, -0.05) is 12.1 Å². The molecule has 0 saturated carbocycles. The maximum Gasteiger partial charge on any atom is 0.115 e. The van der Waals surface area contributed by atoms with Crippen molar-refractivity contribution < 1.29 is 0 Å². The summed E-state index contributed by atoms with van der Waals surface area (Å²) >= 11 is 8.25. The molecule has 3 aromatic rings. The van der Waals surface area contributed by atoms with Crippen LogP contribution in [-0.2, 0) is 6.42 Å². The van der Waals surface area contributed by atoms with Crippen LogP contribution in [0.5, 0.6) is 0 Å². The standard InChI is InChI=1S/C16H14ClIN2/c1-11-3-2-4-14-16(11)19-15(9-10-17)20(14)13-7-5-12(18)6-8-13/h2-8H,9-10H2,1H3. The smallest absolute Gasteiger partial charge is 0.115 e. The van der Waals surface area contributed by atoms with Crippen LogP contribution in [0, 0.1) is 10.5 Å². The highest BCUT2D eigenvalue weighted by molar-refractivity contribution is 14.1. The van der Waals surface area contributed by atoms with Crippen LogP contribution in [0.4, 0.5) is 0 Å². The molecule has 0 N–H and O–H groups in total. The van der Waals surface area contributed by atoms with E-state index in [1.165, 1.54) is 9.13 Å². The van der Waals surface area contributed by atoms with E-state index in [9.17, 15) is 0 Å². The van der Waals surface area contributed by atoms with Crippen LogP contribution in [0.15, 0.2) is 42.5 Å². The van der Waals surface area contributed by atoms with E-state index >= 15 is 0 Å². The largest absolute Gasteiger partial charge is 0.296 e. The minimum absolute atomic E-state index is 0.576. The maximum atomic E-state index is 5.93. The van der Waals surface area contributed by atoms with Crippen molar-refractivity contribution in [1.29, 1.82) is 0 Å². The van der Waals surface area contributed by atoms with Crippen LogP contribution >= 0.6 is 34.2 Å². The highest BCUT2D eigenvalue weighted by atomic mass is 127. The molecule has 0 spiro atoms. The Kier molecular flexibility index (Phi) is 3.98. The fraction of sp³-hybridized carbons (Fsp3) is 0.188. The third-order valence-electron chi connectivity index (χ3n) is 3.36. The normalized spacial score (nSPS) is 11.2. The minimum Gasteiger partial charge on any atom is -0.296 e.